The maximum absolute atomic E-state index is 9.90. The molecule has 6 heteroatoms. The Morgan fingerprint density at radius 1 is 1.43 bits per heavy atom. The lowest BCUT2D eigenvalue weighted by molar-refractivity contribution is 0.114. The summed E-state index contributed by atoms with van der Waals surface area (Å²) in [5, 5.41) is 16.1. The molecule has 1 aromatic rings. The lowest BCUT2D eigenvalue weighted by atomic mass is 10.3. The van der Waals surface area contributed by atoms with Gasteiger partial charge in [0.1, 0.15) is 18.5 Å². The fourth-order valence-corrected chi connectivity index (χ4v) is 1.84. The lowest BCUT2D eigenvalue weighted by Gasteiger charge is -2.13. The van der Waals surface area contributed by atoms with E-state index in [-0.39, 0.29) is 13.2 Å². The predicted octanol–water partition coefficient (Wildman–Crippen LogP) is 1.77. The molecule has 0 fully saturated rings. The van der Waals surface area contributed by atoms with Crippen molar-refractivity contribution in [1.29, 1.82) is 0 Å². The van der Waals surface area contributed by atoms with Gasteiger partial charge in [0.2, 0.25) is 0 Å². The first-order valence-electron chi connectivity index (χ1n) is 6.85. The summed E-state index contributed by atoms with van der Waals surface area (Å²) in [5.74, 6) is 1.40. The summed E-state index contributed by atoms with van der Waals surface area (Å²) >= 11 is 2.23. The molecule has 0 aliphatic heterocycles. The highest BCUT2D eigenvalue weighted by atomic mass is 127. The van der Waals surface area contributed by atoms with Gasteiger partial charge in [-0.1, -0.05) is 6.08 Å². The summed E-state index contributed by atoms with van der Waals surface area (Å²) in [4.78, 5) is 4.29. The third-order valence-electron chi connectivity index (χ3n) is 2.47. The zero-order chi connectivity index (χ0) is 15.5. The molecule has 0 spiro atoms. The maximum Gasteiger partial charge on any atom is 0.191 e. The SMILES string of the molecule is C=CCNC(=NCC(O)COc1ccc(I)cc1)NCC. The average molecular weight is 403 g/mol. The average Bonchev–Trinajstić information content (AvgIpc) is 2.49. The number of hydrogen-bond acceptors (Lipinski definition) is 3. The second kappa shape index (κ2) is 10.4. The number of halogens is 1. The largest absolute Gasteiger partial charge is 0.491 e. The second-order valence-electron chi connectivity index (χ2n) is 4.31. The zero-order valence-electron chi connectivity index (χ0n) is 12.2. The third-order valence-corrected chi connectivity index (χ3v) is 3.19. The molecular weight excluding hydrogens is 381 g/mol. The van der Waals surface area contributed by atoms with E-state index in [0.29, 0.717) is 12.5 Å². The Balaban J connectivity index is 2.38. The molecule has 0 aliphatic rings. The number of aliphatic imine (C=N–C) groups is 1. The number of benzene rings is 1. The molecule has 21 heavy (non-hydrogen) atoms. The number of aliphatic hydroxyl groups excluding tert-OH is 1. The molecular formula is C15H22IN3O2. The molecule has 0 amide bonds. The van der Waals surface area contributed by atoms with E-state index in [1.165, 1.54) is 0 Å². The van der Waals surface area contributed by atoms with Crippen LogP contribution in [0.15, 0.2) is 41.9 Å². The summed E-state index contributed by atoms with van der Waals surface area (Å²) in [6, 6.07) is 7.69. The van der Waals surface area contributed by atoms with Crippen molar-refractivity contribution >= 4 is 28.6 Å². The molecule has 1 atom stereocenters. The Morgan fingerprint density at radius 2 is 2.14 bits per heavy atom. The number of nitrogens with zero attached hydrogens (tertiary/aromatic N) is 1. The molecule has 0 aliphatic carbocycles. The van der Waals surface area contributed by atoms with Crippen molar-refractivity contribution in [2.75, 3.05) is 26.2 Å². The highest BCUT2D eigenvalue weighted by Gasteiger charge is 2.05. The van der Waals surface area contributed by atoms with Gasteiger partial charge in [-0.15, -0.1) is 6.58 Å². The van der Waals surface area contributed by atoms with E-state index < -0.39 is 6.10 Å². The van der Waals surface area contributed by atoms with Gasteiger partial charge >= 0.3 is 0 Å². The van der Waals surface area contributed by atoms with Gasteiger partial charge in [0.15, 0.2) is 5.96 Å². The minimum absolute atomic E-state index is 0.213. The summed E-state index contributed by atoms with van der Waals surface area (Å²) in [7, 11) is 0. The van der Waals surface area contributed by atoms with Gasteiger partial charge in [0.05, 0.1) is 6.54 Å². The number of ether oxygens (including phenoxy) is 1. The molecule has 116 valence electrons. The molecule has 1 aromatic carbocycles. The highest BCUT2D eigenvalue weighted by Crippen LogP contribution is 2.13. The first kappa shape index (κ1) is 17.8. The van der Waals surface area contributed by atoms with Crippen molar-refractivity contribution < 1.29 is 9.84 Å². The van der Waals surface area contributed by atoms with E-state index in [1.54, 1.807) is 6.08 Å². The van der Waals surface area contributed by atoms with Crippen LogP contribution in [0.2, 0.25) is 0 Å². The van der Waals surface area contributed by atoms with Gasteiger partial charge in [-0.25, -0.2) is 0 Å². The summed E-state index contributed by atoms with van der Waals surface area (Å²) in [6.07, 6.45) is 1.10. The number of hydrogen-bond donors (Lipinski definition) is 3. The van der Waals surface area contributed by atoms with Gasteiger partial charge in [-0.3, -0.25) is 4.99 Å². The van der Waals surface area contributed by atoms with Gasteiger partial charge in [0.25, 0.3) is 0 Å². The van der Waals surface area contributed by atoms with E-state index in [4.69, 9.17) is 4.74 Å². The van der Waals surface area contributed by atoms with Crippen molar-refractivity contribution in [3.63, 3.8) is 0 Å². The van der Waals surface area contributed by atoms with Gasteiger partial charge in [-0.05, 0) is 53.8 Å². The fourth-order valence-electron chi connectivity index (χ4n) is 1.48. The van der Waals surface area contributed by atoms with E-state index >= 15 is 0 Å². The smallest absolute Gasteiger partial charge is 0.191 e. The summed E-state index contributed by atoms with van der Waals surface area (Å²) in [5.41, 5.74) is 0. The Morgan fingerprint density at radius 3 is 2.76 bits per heavy atom. The van der Waals surface area contributed by atoms with Crippen LogP contribution in [0.1, 0.15) is 6.92 Å². The molecule has 1 unspecified atom stereocenters. The predicted molar refractivity (Wildman–Crippen MR) is 94.8 cm³/mol. The molecule has 0 heterocycles. The van der Waals surface area contributed by atoms with Gasteiger partial charge < -0.3 is 20.5 Å². The van der Waals surface area contributed by atoms with Gasteiger partial charge in [-0.2, -0.15) is 0 Å². The van der Waals surface area contributed by atoms with E-state index in [1.807, 2.05) is 31.2 Å². The van der Waals surface area contributed by atoms with Crippen LogP contribution in [0.5, 0.6) is 5.75 Å². The molecule has 3 N–H and O–H groups in total. The molecule has 0 radical (unpaired) electrons. The van der Waals surface area contributed by atoms with E-state index in [2.05, 4.69) is 44.8 Å². The van der Waals surface area contributed by atoms with Crippen molar-refractivity contribution in [3.8, 4) is 5.75 Å². The van der Waals surface area contributed by atoms with Crippen molar-refractivity contribution in [3.05, 3.63) is 40.5 Å². The Bertz CT molecular complexity index is 449. The second-order valence-corrected chi connectivity index (χ2v) is 5.55. The first-order valence-corrected chi connectivity index (χ1v) is 7.93. The highest BCUT2D eigenvalue weighted by molar-refractivity contribution is 14.1. The van der Waals surface area contributed by atoms with Gasteiger partial charge in [0, 0.05) is 16.7 Å². The Hall–Kier alpha value is -1.28. The van der Waals surface area contributed by atoms with Crippen LogP contribution in [0.3, 0.4) is 0 Å². The Labute approximate surface area is 139 Å². The van der Waals surface area contributed by atoms with Crippen LogP contribution in [0.4, 0.5) is 0 Å². The quantitative estimate of drug-likeness (QED) is 0.268. The van der Waals surface area contributed by atoms with Crippen molar-refractivity contribution in [2.45, 2.75) is 13.0 Å². The van der Waals surface area contributed by atoms with Crippen LogP contribution >= 0.6 is 22.6 Å². The maximum atomic E-state index is 9.90. The molecule has 0 saturated carbocycles. The van der Waals surface area contributed by atoms with E-state index in [0.717, 1.165) is 15.9 Å². The number of nitrogens with one attached hydrogen (secondary N) is 2. The van der Waals surface area contributed by atoms with Crippen molar-refractivity contribution in [1.82, 2.24) is 10.6 Å². The molecule has 0 saturated heterocycles. The van der Waals surface area contributed by atoms with Crippen LogP contribution in [0.25, 0.3) is 0 Å². The van der Waals surface area contributed by atoms with Crippen LogP contribution in [-0.4, -0.2) is 43.4 Å². The van der Waals surface area contributed by atoms with Crippen LogP contribution in [0, 0.1) is 3.57 Å². The normalized spacial score (nSPS) is 12.6. The monoisotopic (exact) mass is 403 g/mol. The summed E-state index contributed by atoms with van der Waals surface area (Å²) < 4.78 is 6.66. The molecule has 0 aromatic heterocycles. The summed E-state index contributed by atoms with van der Waals surface area (Å²) in [6.45, 7) is 7.51. The van der Waals surface area contributed by atoms with Crippen molar-refractivity contribution in [2.24, 2.45) is 4.99 Å². The minimum Gasteiger partial charge on any atom is -0.491 e. The molecule has 1 rings (SSSR count). The zero-order valence-corrected chi connectivity index (χ0v) is 14.3. The minimum atomic E-state index is -0.650. The fraction of sp³-hybridized carbons (Fsp3) is 0.400. The number of rotatable bonds is 8. The van der Waals surface area contributed by atoms with E-state index in [9.17, 15) is 5.11 Å². The van der Waals surface area contributed by atoms with Crippen LogP contribution in [-0.2, 0) is 0 Å². The molecule has 5 nitrogen and oxygen atoms in total. The topological polar surface area (TPSA) is 65.9 Å². The third kappa shape index (κ3) is 7.91. The van der Waals surface area contributed by atoms with Crippen LogP contribution < -0.4 is 15.4 Å². The Kier molecular flexibility index (Phi) is 8.84. The lowest BCUT2D eigenvalue weighted by Crippen LogP contribution is -2.38. The number of aliphatic hydroxyl groups is 1. The number of guanidine groups is 1. The standard InChI is InChI=1S/C15H22IN3O2/c1-3-9-18-15(17-4-2)19-10-13(20)11-21-14-7-5-12(16)6-8-14/h3,5-8,13,20H,1,4,9-11H2,2H3,(H2,17,18,19). The molecule has 0 bridgehead atoms. The first-order chi connectivity index (χ1) is 10.2.